The molecule has 4 rings (SSSR count). The van der Waals surface area contributed by atoms with E-state index in [9.17, 15) is 0 Å². The van der Waals surface area contributed by atoms with Gasteiger partial charge in [0.25, 0.3) is 0 Å². The number of allylic oxidation sites excluding steroid dienone is 2. The van der Waals surface area contributed by atoms with Crippen molar-refractivity contribution in [3.63, 3.8) is 0 Å². The van der Waals surface area contributed by atoms with E-state index in [-0.39, 0.29) is 6.17 Å². The number of aromatic nitrogens is 2. The van der Waals surface area contributed by atoms with Crippen LogP contribution < -0.4 is 11.3 Å². The Bertz CT molecular complexity index is 952. The molecule has 2 aliphatic heterocycles. The van der Waals surface area contributed by atoms with Gasteiger partial charge in [0.05, 0.1) is 29.0 Å². The maximum absolute atomic E-state index is 5.69. The highest BCUT2D eigenvalue weighted by atomic mass is 32.1. The average molecular weight is 352 g/mol. The number of nitrogens with zero attached hydrogens (tertiary/aromatic N) is 6. The van der Waals surface area contributed by atoms with Gasteiger partial charge < -0.3 is 5.73 Å². The van der Waals surface area contributed by atoms with Crippen LogP contribution in [0.4, 0.5) is 0 Å². The topological polar surface area (TPSA) is 104 Å². The van der Waals surface area contributed by atoms with Gasteiger partial charge in [0.15, 0.2) is 6.17 Å². The molecule has 1 atom stereocenters. The summed E-state index contributed by atoms with van der Waals surface area (Å²) in [5.41, 5.74) is 14.8. The smallest absolute Gasteiger partial charge is 0.165 e. The Morgan fingerprint density at radius 3 is 3.20 bits per heavy atom. The molecule has 0 saturated heterocycles. The number of rotatable bonds is 4. The number of hydrogen-bond acceptors (Lipinski definition) is 9. The summed E-state index contributed by atoms with van der Waals surface area (Å²) in [6.07, 6.45) is 6.80. The molecule has 8 nitrogen and oxygen atoms in total. The van der Waals surface area contributed by atoms with E-state index >= 15 is 0 Å². The molecule has 4 heterocycles. The van der Waals surface area contributed by atoms with Crippen molar-refractivity contribution in [1.82, 2.24) is 20.5 Å². The van der Waals surface area contributed by atoms with Gasteiger partial charge in [-0.1, -0.05) is 0 Å². The summed E-state index contributed by atoms with van der Waals surface area (Å²) in [5, 5.41) is 6.27. The third kappa shape index (κ3) is 2.94. The van der Waals surface area contributed by atoms with Crippen LogP contribution in [0.1, 0.15) is 5.69 Å². The van der Waals surface area contributed by atoms with Gasteiger partial charge in [0, 0.05) is 25.0 Å². The lowest BCUT2D eigenvalue weighted by Crippen LogP contribution is -2.40. The van der Waals surface area contributed by atoms with Crippen LogP contribution in [0.15, 0.2) is 56.7 Å². The van der Waals surface area contributed by atoms with Crippen molar-refractivity contribution in [3.8, 4) is 0 Å². The molecular formula is C16H16N8S. The lowest BCUT2D eigenvalue weighted by atomic mass is 10.1. The molecule has 2 aliphatic rings. The van der Waals surface area contributed by atoms with E-state index in [1.807, 2.05) is 29.3 Å². The van der Waals surface area contributed by atoms with Gasteiger partial charge >= 0.3 is 0 Å². The first kappa shape index (κ1) is 15.6. The zero-order valence-electron chi connectivity index (χ0n) is 13.5. The predicted octanol–water partition coefficient (Wildman–Crippen LogP) is 1.25. The van der Waals surface area contributed by atoms with Crippen LogP contribution in [0.5, 0.6) is 0 Å². The maximum atomic E-state index is 5.69. The zero-order valence-corrected chi connectivity index (χ0v) is 14.3. The van der Waals surface area contributed by atoms with E-state index in [0.29, 0.717) is 6.54 Å². The minimum Gasteiger partial charge on any atom is -0.404 e. The van der Waals surface area contributed by atoms with Crippen LogP contribution in [-0.4, -0.2) is 45.8 Å². The van der Waals surface area contributed by atoms with Crippen molar-refractivity contribution in [2.45, 2.75) is 12.7 Å². The third-order valence-electron chi connectivity index (χ3n) is 3.87. The molecule has 0 fully saturated rings. The Morgan fingerprint density at radius 1 is 1.44 bits per heavy atom. The first-order chi connectivity index (χ1) is 12.3. The number of nitrogens with two attached hydrogens (primary N) is 1. The number of pyridine rings is 1. The van der Waals surface area contributed by atoms with Crippen molar-refractivity contribution in [2.75, 3.05) is 7.05 Å². The molecule has 2 aromatic rings. The molecule has 25 heavy (non-hydrogen) atoms. The Balaban J connectivity index is 1.58. The first-order valence-corrected chi connectivity index (χ1v) is 8.56. The van der Waals surface area contributed by atoms with Crippen LogP contribution in [0, 0.1) is 0 Å². The van der Waals surface area contributed by atoms with E-state index in [4.69, 9.17) is 10.7 Å². The van der Waals surface area contributed by atoms with Crippen molar-refractivity contribution < 1.29 is 0 Å². The van der Waals surface area contributed by atoms with Gasteiger partial charge in [0.2, 0.25) is 0 Å². The molecule has 0 radical (unpaired) electrons. The van der Waals surface area contributed by atoms with Gasteiger partial charge in [-0.15, -0.1) is 11.3 Å². The summed E-state index contributed by atoms with van der Waals surface area (Å²) in [7, 11) is 1.70. The summed E-state index contributed by atoms with van der Waals surface area (Å²) < 4.78 is 0. The number of nitrogens with one attached hydrogen (secondary N) is 1. The second-order valence-corrected chi connectivity index (χ2v) is 6.31. The largest absolute Gasteiger partial charge is 0.404 e. The lowest BCUT2D eigenvalue weighted by Gasteiger charge is -2.22. The Labute approximate surface area is 148 Å². The zero-order chi connectivity index (χ0) is 17.2. The van der Waals surface area contributed by atoms with Crippen molar-refractivity contribution >= 4 is 39.3 Å². The van der Waals surface area contributed by atoms with Gasteiger partial charge in [-0.05, 0) is 24.3 Å². The number of hydrazine groups is 1. The summed E-state index contributed by atoms with van der Waals surface area (Å²) in [6, 6.07) is 3.95. The van der Waals surface area contributed by atoms with Crippen molar-refractivity contribution in [1.29, 1.82) is 0 Å². The highest BCUT2D eigenvalue weighted by Gasteiger charge is 2.30. The Kier molecular flexibility index (Phi) is 4.08. The molecule has 0 aromatic carbocycles. The maximum Gasteiger partial charge on any atom is 0.165 e. The number of dihydropyridines is 1. The summed E-state index contributed by atoms with van der Waals surface area (Å²) in [6.45, 7) is 0.569. The van der Waals surface area contributed by atoms with Gasteiger partial charge in [-0.2, -0.15) is 10.1 Å². The van der Waals surface area contributed by atoms with Crippen LogP contribution >= 0.6 is 11.3 Å². The predicted molar refractivity (Wildman–Crippen MR) is 101 cm³/mol. The van der Waals surface area contributed by atoms with Crippen LogP contribution in [0.2, 0.25) is 0 Å². The Morgan fingerprint density at radius 2 is 2.36 bits per heavy atom. The van der Waals surface area contributed by atoms with Gasteiger partial charge in [0.1, 0.15) is 10.5 Å². The monoisotopic (exact) mass is 352 g/mol. The molecule has 126 valence electrons. The molecule has 1 unspecified atom stereocenters. The van der Waals surface area contributed by atoms with Crippen LogP contribution in [0.3, 0.4) is 0 Å². The van der Waals surface area contributed by atoms with E-state index in [1.165, 1.54) is 17.5 Å². The van der Waals surface area contributed by atoms with E-state index in [0.717, 1.165) is 33.0 Å². The fraction of sp³-hybridized carbons (Fsp3) is 0.188. The van der Waals surface area contributed by atoms with Crippen molar-refractivity contribution in [2.24, 2.45) is 20.8 Å². The molecule has 0 spiro atoms. The van der Waals surface area contributed by atoms with Crippen LogP contribution in [0.25, 0.3) is 10.3 Å². The fourth-order valence-corrected chi connectivity index (χ4v) is 3.35. The minimum absolute atomic E-state index is 0.223. The average Bonchev–Trinajstić information content (AvgIpc) is 3.26. The minimum atomic E-state index is -0.223. The standard InChI is InChI=1S/C16H16N8S/c1-18-7-10(6-17)12-4-5-13-15(21-12)24(23-22-13)8-11-2-3-14-16(20-11)25-9-19-14/h2-7,9,15,23H,8,17H2,1H3. The van der Waals surface area contributed by atoms with Gasteiger partial charge in [-0.3, -0.25) is 9.98 Å². The molecule has 0 bridgehead atoms. The number of hydrogen-bond donors (Lipinski definition) is 2. The molecule has 0 aliphatic carbocycles. The highest BCUT2D eigenvalue weighted by molar-refractivity contribution is 7.16. The SMILES string of the molecule is CN=CC(=CN)C1=NC2C(=NNN2Cc2ccc3ncsc3n2)C=C1. The second kappa shape index (κ2) is 6.54. The number of hydrazone groups is 1. The number of thiazole rings is 1. The number of aliphatic imine (C=N–C) groups is 2. The molecule has 2 aromatic heterocycles. The molecule has 0 amide bonds. The van der Waals surface area contributed by atoms with Crippen molar-refractivity contribution in [3.05, 3.63) is 47.3 Å². The summed E-state index contributed by atoms with van der Waals surface area (Å²) in [5.74, 6) is 0. The summed E-state index contributed by atoms with van der Waals surface area (Å²) in [4.78, 5) is 18.6. The summed E-state index contributed by atoms with van der Waals surface area (Å²) >= 11 is 1.53. The first-order valence-electron chi connectivity index (χ1n) is 7.68. The lowest BCUT2D eigenvalue weighted by molar-refractivity contribution is 0.180. The quantitative estimate of drug-likeness (QED) is 0.806. The Hall–Kier alpha value is -2.91. The molecule has 3 N–H and O–H groups in total. The van der Waals surface area contributed by atoms with E-state index < -0.39 is 0 Å². The molecular weight excluding hydrogens is 336 g/mol. The second-order valence-electron chi connectivity index (χ2n) is 5.47. The van der Waals surface area contributed by atoms with Crippen LogP contribution in [-0.2, 0) is 6.54 Å². The normalized spacial score (nSPS) is 20.7. The molecule has 0 saturated carbocycles. The number of fused-ring (bicyclic) bond motifs is 2. The molecule has 9 heteroatoms. The third-order valence-corrected chi connectivity index (χ3v) is 4.60. The van der Waals surface area contributed by atoms with E-state index in [2.05, 4.69) is 25.6 Å². The van der Waals surface area contributed by atoms with Gasteiger partial charge in [-0.25, -0.2) is 15.5 Å². The highest BCUT2D eigenvalue weighted by Crippen LogP contribution is 2.20. The fourth-order valence-electron chi connectivity index (χ4n) is 2.67. The van der Waals surface area contributed by atoms with E-state index in [1.54, 1.807) is 18.8 Å².